The van der Waals surface area contributed by atoms with E-state index in [1.54, 1.807) is 0 Å². The first-order valence-electron chi connectivity index (χ1n) is 8.93. The molecule has 1 saturated heterocycles. The number of aliphatic hydroxyl groups is 2. The molecule has 0 unspecified atom stereocenters. The lowest BCUT2D eigenvalue weighted by Gasteiger charge is -2.41. The molecule has 1 fully saturated rings. The molecule has 168 valence electrons. The number of ether oxygens (including phenoxy) is 5. The molecule has 2 N–H and O–H groups in total. The molecule has 0 radical (unpaired) electrons. The second kappa shape index (κ2) is 10.6. The minimum atomic E-state index is -1.72. The molecule has 0 saturated carbocycles. The van der Waals surface area contributed by atoms with Gasteiger partial charge in [0.05, 0.1) is 19.4 Å². The first-order chi connectivity index (χ1) is 14.7. The lowest BCUT2D eigenvalue weighted by molar-refractivity contribution is -0.278. The third kappa shape index (κ3) is 5.83. The molecule has 1 aliphatic rings. The number of rotatable bonds is 7. The van der Waals surface area contributed by atoms with Crippen LogP contribution in [0.5, 0.6) is 5.75 Å². The summed E-state index contributed by atoms with van der Waals surface area (Å²) < 4.78 is 25.8. The molecule has 1 aliphatic heterocycles. The zero-order valence-corrected chi connectivity index (χ0v) is 16.8. The summed E-state index contributed by atoms with van der Waals surface area (Å²) in [5.41, 5.74) is 9.14. The summed E-state index contributed by atoms with van der Waals surface area (Å²) in [5.74, 6) is -2.69. The molecule has 0 bridgehead atoms. The predicted octanol–water partition coefficient (Wildman–Crippen LogP) is 0.622. The van der Waals surface area contributed by atoms with Crippen LogP contribution in [0.15, 0.2) is 23.3 Å². The number of carbonyl (C=O) groups is 3. The Morgan fingerprint density at radius 3 is 2.39 bits per heavy atom. The first-order valence-corrected chi connectivity index (χ1v) is 8.93. The summed E-state index contributed by atoms with van der Waals surface area (Å²) in [4.78, 5) is 38.0. The van der Waals surface area contributed by atoms with Crippen LogP contribution in [-0.2, 0) is 39.9 Å². The van der Waals surface area contributed by atoms with Gasteiger partial charge in [-0.1, -0.05) is 11.2 Å². The van der Waals surface area contributed by atoms with Crippen LogP contribution >= 0.6 is 0 Å². The summed E-state index contributed by atoms with van der Waals surface area (Å²) in [6.45, 7) is 1.78. The van der Waals surface area contributed by atoms with E-state index < -0.39 is 48.6 Å². The number of esters is 3. The Labute approximate surface area is 176 Å². The van der Waals surface area contributed by atoms with E-state index in [0.717, 1.165) is 21.0 Å². The van der Waals surface area contributed by atoms with Crippen molar-refractivity contribution in [1.82, 2.24) is 0 Å². The van der Waals surface area contributed by atoms with Crippen molar-refractivity contribution >= 4 is 23.6 Å². The minimum Gasteiger partial charge on any atom is -0.467 e. The van der Waals surface area contributed by atoms with Gasteiger partial charge in [0.1, 0.15) is 5.75 Å². The molecule has 2 rings (SSSR count). The maximum absolute atomic E-state index is 12.2. The van der Waals surface area contributed by atoms with Gasteiger partial charge in [-0.3, -0.25) is 9.59 Å². The van der Waals surface area contributed by atoms with E-state index in [-0.39, 0.29) is 18.0 Å². The zero-order valence-electron chi connectivity index (χ0n) is 16.8. The van der Waals surface area contributed by atoms with Crippen molar-refractivity contribution in [2.75, 3.05) is 7.11 Å². The summed E-state index contributed by atoms with van der Waals surface area (Å²) >= 11 is 0. The normalized spacial score (nSPS) is 25.0. The van der Waals surface area contributed by atoms with Gasteiger partial charge in [-0.05, 0) is 23.2 Å². The van der Waals surface area contributed by atoms with Crippen molar-refractivity contribution in [3.05, 3.63) is 34.2 Å². The second-order valence-electron chi connectivity index (χ2n) is 6.35. The third-order valence-corrected chi connectivity index (χ3v) is 4.16. The van der Waals surface area contributed by atoms with E-state index in [9.17, 15) is 24.6 Å². The number of benzene rings is 1. The number of carbonyl (C=O) groups excluding carboxylic acids is 3. The van der Waals surface area contributed by atoms with Gasteiger partial charge in [0, 0.05) is 18.8 Å². The van der Waals surface area contributed by atoms with Gasteiger partial charge in [0.2, 0.25) is 6.29 Å². The SMILES string of the molecule is COC(=O)[C@H]1O[C@@H](Oc2ccc(CO)cc2N=[N+]=[N-])[C@H](O)[C@@H](OC(C)=O)[C@@H]1OC(C)=O. The second-order valence-corrected chi connectivity index (χ2v) is 6.35. The number of nitrogens with zero attached hydrogens (tertiary/aromatic N) is 3. The summed E-state index contributed by atoms with van der Waals surface area (Å²) in [7, 11) is 1.06. The summed E-state index contributed by atoms with van der Waals surface area (Å²) in [5, 5.41) is 23.4. The molecule has 1 aromatic rings. The van der Waals surface area contributed by atoms with Gasteiger partial charge < -0.3 is 33.9 Å². The van der Waals surface area contributed by atoms with Crippen LogP contribution in [0, 0.1) is 0 Å². The highest BCUT2D eigenvalue weighted by Crippen LogP contribution is 2.34. The average Bonchev–Trinajstić information content (AvgIpc) is 2.72. The maximum Gasteiger partial charge on any atom is 0.339 e. The molecule has 0 aromatic heterocycles. The standard InChI is InChI=1S/C18H21N3O10/c1-8(23)28-14-13(25)18(31-16(17(26)27-3)15(14)29-9(2)24)30-12-5-4-10(7-22)6-11(12)20-21-19/h4-6,13-16,18,22,25H,7H2,1-3H3/t13-,14-,15+,16+,18-/m1/s1. The molecule has 13 nitrogen and oxygen atoms in total. The summed E-state index contributed by atoms with van der Waals surface area (Å²) in [6.07, 6.45) is -7.99. The molecule has 0 spiro atoms. The largest absolute Gasteiger partial charge is 0.467 e. The van der Waals surface area contributed by atoms with Gasteiger partial charge in [0.25, 0.3) is 0 Å². The van der Waals surface area contributed by atoms with Gasteiger partial charge in [-0.25, -0.2) is 4.79 Å². The van der Waals surface area contributed by atoms with Crippen LogP contribution in [0.3, 0.4) is 0 Å². The van der Waals surface area contributed by atoms with Crippen molar-refractivity contribution in [1.29, 1.82) is 0 Å². The first kappa shape index (κ1) is 23.9. The van der Waals surface area contributed by atoms with Crippen molar-refractivity contribution in [2.24, 2.45) is 5.11 Å². The Hall–Kier alpha value is -3.38. The Morgan fingerprint density at radius 2 is 1.84 bits per heavy atom. The van der Waals surface area contributed by atoms with Crippen molar-refractivity contribution in [3.8, 4) is 5.75 Å². The van der Waals surface area contributed by atoms with Crippen molar-refractivity contribution in [2.45, 2.75) is 51.2 Å². The monoisotopic (exact) mass is 439 g/mol. The highest BCUT2D eigenvalue weighted by atomic mass is 16.7. The molecule has 31 heavy (non-hydrogen) atoms. The smallest absolute Gasteiger partial charge is 0.339 e. The molecular weight excluding hydrogens is 418 g/mol. The third-order valence-electron chi connectivity index (χ3n) is 4.16. The maximum atomic E-state index is 12.2. The Bertz CT molecular complexity index is 885. The van der Waals surface area contributed by atoms with Crippen molar-refractivity contribution in [3.63, 3.8) is 0 Å². The number of aliphatic hydroxyl groups excluding tert-OH is 2. The molecule has 0 amide bonds. The minimum absolute atomic E-state index is 0.0365. The molecule has 0 aliphatic carbocycles. The fraction of sp³-hybridized carbons (Fsp3) is 0.500. The predicted molar refractivity (Wildman–Crippen MR) is 99.6 cm³/mol. The summed E-state index contributed by atoms with van der Waals surface area (Å²) in [6, 6.07) is 4.15. The Kier molecular flexibility index (Phi) is 8.16. The fourth-order valence-corrected chi connectivity index (χ4v) is 2.89. The topological polar surface area (TPSA) is 187 Å². The van der Waals surface area contributed by atoms with Crippen molar-refractivity contribution < 1.29 is 48.3 Å². The van der Waals surface area contributed by atoms with E-state index in [1.165, 1.54) is 18.2 Å². The highest BCUT2D eigenvalue weighted by molar-refractivity contribution is 5.77. The van der Waals surface area contributed by atoms with Gasteiger partial charge in [-0.15, -0.1) is 0 Å². The van der Waals surface area contributed by atoms with Gasteiger partial charge in [0.15, 0.2) is 24.4 Å². The Balaban J connectivity index is 2.44. The van der Waals surface area contributed by atoms with Gasteiger partial charge >= 0.3 is 17.9 Å². The average molecular weight is 439 g/mol. The lowest BCUT2D eigenvalue weighted by atomic mass is 9.98. The quantitative estimate of drug-likeness (QED) is 0.200. The van der Waals surface area contributed by atoms with E-state index in [4.69, 9.17) is 24.5 Å². The number of hydrogen-bond acceptors (Lipinski definition) is 11. The van der Waals surface area contributed by atoms with Crippen LogP contribution in [0.1, 0.15) is 19.4 Å². The highest BCUT2D eigenvalue weighted by Gasteiger charge is 2.53. The molecule has 1 heterocycles. The van der Waals surface area contributed by atoms with Crippen LogP contribution in [-0.4, -0.2) is 65.9 Å². The number of azide groups is 1. The van der Waals surface area contributed by atoms with Gasteiger partial charge in [-0.2, -0.15) is 0 Å². The molecular formula is C18H21N3O10. The fourth-order valence-electron chi connectivity index (χ4n) is 2.89. The van der Waals surface area contributed by atoms with E-state index >= 15 is 0 Å². The Morgan fingerprint density at radius 1 is 1.19 bits per heavy atom. The zero-order chi connectivity index (χ0) is 23.1. The van der Waals surface area contributed by atoms with E-state index in [0.29, 0.717) is 5.56 Å². The molecule has 1 aromatic carbocycles. The van der Waals surface area contributed by atoms with E-state index in [1.807, 2.05) is 0 Å². The van der Waals surface area contributed by atoms with E-state index in [2.05, 4.69) is 14.8 Å². The van der Waals surface area contributed by atoms with Crippen LogP contribution in [0.2, 0.25) is 0 Å². The van der Waals surface area contributed by atoms with Crippen LogP contribution in [0.25, 0.3) is 10.4 Å². The number of methoxy groups -OCH3 is 1. The lowest BCUT2D eigenvalue weighted by Crippen LogP contribution is -2.63. The number of hydrogen-bond donors (Lipinski definition) is 2. The molecule has 13 heteroatoms. The van der Waals surface area contributed by atoms with Crippen LogP contribution in [0.4, 0.5) is 5.69 Å². The molecule has 5 atom stereocenters. The van der Waals surface area contributed by atoms with Crippen LogP contribution < -0.4 is 4.74 Å².